The molecule has 2 heteroatoms. The van der Waals surface area contributed by atoms with E-state index in [0.717, 1.165) is 6.42 Å². The Kier molecular flexibility index (Phi) is 11.2. The van der Waals surface area contributed by atoms with E-state index in [0.29, 0.717) is 18.8 Å². The van der Waals surface area contributed by atoms with Gasteiger partial charge in [0.2, 0.25) is 0 Å². The zero-order chi connectivity index (χ0) is 15.3. The number of unbranched alkanes of at least 4 members (excludes halogenated alkanes) is 10. The highest BCUT2D eigenvalue weighted by Crippen LogP contribution is 2.30. The van der Waals surface area contributed by atoms with Crippen molar-refractivity contribution < 1.29 is 9.50 Å². The molecule has 126 valence electrons. The van der Waals surface area contributed by atoms with Crippen molar-refractivity contribution in [1.82, 2.24) is 0 Å². The summed E-state index contributed by atoms with van der Waals surface area (Å²) in [7, 11) is 0. The number of hydrogen-bond donors (Lipinski definition) is 1. The normalized spacial score (nSPS) is 26.1. The fourth-order valence-electron chi connectivity index (χ4n) is 3.54. The number of aliphatic hydroxyl groups is 1. The first-order valence-corrected chi connectivity index (χ1v) is 9.56. The predicted octanol–water partition coefficient (Wildman–Crippen LogP) is 6.19. The van der Waals surface area contributed by atoms with Crippen molar-refractivity contribution in [3.63, 3.8) is 0 Å². The Labute approximate surface area is 131 Å². The molecule has 21 heavy (non-hydrogen) atoms. The van der Waals surface area contributed by atoms with Crippen LogP contribution in [0.3, 0.4) is 0 Å². The monoisotopic (exact) mass is 300 g/mol. The number of halogens is 1. The molecule has 0 amide bonds. The lowest BCUT2D eigenvalue weighted by atomic mass is 9.83. The van der Waals surface area contributed by atoms with Crippen LogP contribution in [0.1, 0.15) is 103 Å². The van der Waals surface area contributed by atoms with Crippen LogP contribution in [0.4, 0.5) is 4.39 Å². The van der Waals surface area contributed by atoms with Gasteiger partial charge in [-0.3, -0.25) is 0 Å². The minimum absolute atomic E-state index is 0.530. The van der Waals surface area contributed by atoms with E-state index in [1.165, 1.54) is 77.0 Å². The average Bonchev–Trinajstić information content (AvgIpc) is 2.48. The summed E-state index contributed by atoms with van der Waals surface area (Å²) in [4.78, 5) is 0. The van der Waals surface area contributed by atoms with Gasteiger partial charge in [-0.05, 0) is 25.2 Å². The second kappa shape index (κ2) is 12.4. The van der Waals surface area contributed by atoms with E-state index >= 15 is 0 Å². The van der Waals surface area contributed by atoms with Gasteiger partial charge >= 0.3 is 0 Å². The molecule has 3 unspecified atom stereocenters. The van der Waals surface area contributed by atoms with Crippen LogP contribution >= 0.6 is 0 Å². The van der Waals surface area contributed by atoms with Crippen LogP contribution in [-0.4, -0.2) is 17.4 Å². The van der Waals surface area contributed by atoms with Gasteiger partial charge in [-0.25, -0.2) is 4.39 Å². The Bertz CT molecular complexity index is 232. The van der Waals surface area contributed by atoms with Crippen molar-refractivity contribution in [1.29, 1.82) is 0 Å². The maximum atomic E-state index is 13.4. The fraction of sp³-hybridized carbons (Fsp3) is 1.00. The van der Waals surface area contributed by atoms with Crippen LogP contribution in [0.5, 0.6) is 0 Å². The highest BCUT2D eigenvalue weighted by atomic mass is 19.1. The van der Waals surface area contributed by atoms with Crippen LogP contribution in [0.15, 0.2) is 0 Å². The lowest BCUT2D eigenvalue weighted by molar-refractivity contribution is 0.0225. The second-order valence-electron chi connectivity index (χ2n) is 7.09. The van der Waals surface area contributed by atoms with E-state index in [9.17, 15) is 9.50 Å². The third-order valence-electron chi connectivity index (χ3n) is 5.06. The van der Waals surface area contributed by atoms with Crippen molar-refractivity contribution in [2.45, 2.75) is 116 Å². The van der Waals surface area contributed by atoms with E-state index in [4.69, 9.17) is 0 Å². The van der Waals surface area contributed by atoms with Crippen molar-refractivity contribution in [3.05, 3.63) is 0 Å². The Balaban J connectivity index is 1.80. The molecule has 1 aliphatic rings. The van der Waals surface area contributed by atoms with E-state index in [1.54, 1.807) is 0 Å². The van der Waals surface area contributed by atoms with Gasteiger partial charge in [0.15, 0.2) is 0 Å². The van der Waals surface area contributed by atoms with Crippen LogP contribution in [0.2, 0.25) is 0 Å². The van der Waals surface area contributed by atoms with E-state index in [1.807, 2.05) is 0 Å². The SMILES string of the molecule is CCCCCCCCCCCCCC1CCC(O)C(F)C1. The molecule has 0 saturated heterocycles. The summed E-state index contributed by atoms with van der Waals surface area (Å²) in [6, 6.07) is 0. The molecule has 0 aliphatic heterocycles. The molecule has 1 saturated carbocycles. The van der Waals surface area contributed by atoms with Gasteiger partial charge in [0.25, 0.3) is 0 Å². The number of hydrogen-bond acceptors (Lipinski definition) is 1. The highest BCUT2D eigenvalue weighted by molar-refractivity contribution is 4.79. The minimum atomic E-state index is -0.962. The van der Waals surface area contributed by atoms with Gasteiger partial charge in [0.1, 0.15) is 6.17 Å². The number of aliphatic hydroxyl groups excluding tert-OH is 1. The molecule has 1 rings (SSSR count). The first-order chi connectivity index (χ1) is 10.2. The van der Waals surface area contributed by atoms with Crippen LogP contribution < -0.4 is 0 Å². The smallest absolute Gasteiger partial charge is 0.126 e. The Morgan fingerprint density at radius 1 is 0.810 bits per heavy atom. The molecule has 1 N–H and O–H groups in total. The lowest BCUT2D eigenvalue weighted by Gasteiger charge is -2.28. The molecule has 0 spiro atoms. The molecular weight excluding hydrogens is 263 g/mol. The summed E-state index contributed by atoms with van der Waals surface area (Å²) in [5.41, 5.74) is 0. The molecule has 0 aromatic heterocycles. The van der Waals surface area contributed by atoms with Crippen LogP contribution in [-0.2, 0) is 0 Å². The first-order valence-electron chi connectivity index (χ1n) is 9.56. The zero-order valence-electron chi connectivity index (χ0n) is 14.2. The largest absolute Gasteiger partial charge is 0.390 e. The molecular formula is C19H37FO. The van der Waals surface area contributed by atoms with Crippen molar-refractivity contribution in [3.8, 4) is 0 Å². The van der Waals surface area contributed by atoms with E-state index in [2.05, 4.69) is 6.92 Å². The third-order valence-corrected chi connectivity index (χ3v) is 5.06. The molecule has 1 fully saturated rings. The quantitative estimate of drug-likeness (QED) is 0.426. The van der Waals surface area contributed by atoms with Crippen LogP contribution in [0.25, 0.3) is 0 Å². The topological polar surface area (TPSA) is 20.2 Å². The Morgan fingerprint density at radius 2 is 1.33 bits per heavy atom. The molecule has 1 nitrogen and oxygen atoms in total. The maximum absolute atomic E-state index is 13.4. The maximum Gasteiger partial charge on any atom is 0.126 e. The molecule has 3 atom stereocenters. The Morgan fingerprint density at radius 3 is 1.86 bits per heavy atom. The molecule has 0 bridgehead atoms. The summed E-state index contributed by atoms with van der Waals surface area (Å²) in [6.45, 7) is 2.27. The van der Waals surface area contributed by atoms with Crippen molar-refractivity contribution in [2.75, 3.05) is 0 Å². The molecule has 0 aromatic rings. The summed E-state index contributed by atoms with van der Waals surface area (Å²) in [5.74, 6) is 0.530. The molecule has 0 radical (unpaired) electrons. The minimum Gasteiger partial charge on any atom is -0.390 e. The van der Waals surface area contributed by atoms with Gasteiger partial charge in [-0.2, -0.15) is 0 Å². The van der Waals surface area contributed by atoms with E-state index in [-0.39, 0.29) is 0 Å². The van der Waals surface area contributed by atoms with Gasteiger partial charge in [-0.15, -0.1) is 0 Å². The highest BCUT2D eigenvalue weighted by Gasteiger charge is 2.28. The summed E-state index contributed by atoms with van der Waals surface area (Å²) in [6.07, 6.45) is 16.9. The lowest BCUT2D eigenvalue weighted by Crippen LogP contribution is -2.30. The fourth-order valence-corrected chi connectivity index (χ4v) is 3.54. The van der Waals surface area contributed by atoms with E-state index < -0.39 is 12.3 Å². The molecule has 0 aromatic carbocycles. The summed E-state index contributed by atoms with van der Waals surface area (Å²) in [5, 5.41) is 9.38. The molecule has 1 aliphatic carbocycles. The average molecular weight is 301 g/mol. The van der Waals surface area contributed by atoms with Crippen molar-refractivity contribution in [2.24, 2.45) is 5.92 Å². The number of rotatable bonds is 12. The van der Waals surface area contributed by atoms with Crippen LogP contribution in [0, 0.1) is 5.92 Å². The third kappa shape index (κ3) is 9.50. The molecule has 0 heterocycles. The Hall–Kier alpha value is -0.110. The van der Waals surface area contributed by atoms with Gasteiger partial charge in [0.05, 0.1) is 6.10 Å². The zero-order valence-corrected chi connectivity index (χ0v) is 14.2. The summed E-state index contributed by atoms with van der Waals surface area (Å²) >= 11 is 0. The first kappa shape index (κ1) is 18.9. The summed E-state index contributed by atoms with van der Waals surface area (Å²) < 4.78 is 13.4. The standard InChI is InChI=1S/C19H37FO/c1-2-3-4-5-6-7-8-9-10-11-12-13-17-14-15-19(21)18(20)16-17/h17-19,21H,2-16H2,1H3. The van der Waals surface area contributed by atoms with Gasteiger partial charge in [0, 0.05) is 0 Å². The predicted molar refractivity (Wildman–Crippen MR) is 89.3 cm³/mol. The van der Waals surface area contributed by atoms with Crippen molar-refractivity contribution >= 4 is 0 Å². The number of alkyl halides is 1. The second-order valence-corrected chi connectivity index (χ2v) is 7.09. The van der Waals surface area contributed by atoms with Gasteiger partial charge in [-0.1, -0.05) is 84.0 Å². The van der Waals surface area contributed by atoms with Gasteiger partial charge < -0.3 is 5.11 Å².